The van der Waals surface area contributed by atoms with Gasteiger partial charge in [0.2, 0.25) is 0 Å². The largest absolute Gasteiger partial charge is 0.393 e. The van der Waals surface area contributed by atoms with Crippen LogP contribution in [0.15, 0.2) is 0 Å². The van der Waals surface area contributed by atoms with Gasteiger partial charge in [-0.1, -0.05) is 26.7 Å². The quantitative estimate of drug-likeness (QED) is 0.733. The van der Waals surface area contributed by atoms with Gasteiger partial charge in [-0.2, -0.15) is 0 Å². The SMILES string of the molecule is C[C@@]12CCC(O)[C@H]1[C@@H]1C(=O)C[C@H]3CCCC[C@]3(C)[C@H]1CC2. The molecule has 4 saturated carbocycles. The Labute approximate surface area is 128 Å². The van der Waals surface area contributed by atoms with Crippen LogP contribution in [-0.2, 0) is 4.79 Å². The number of Topliss-reactive ketones (excluding diaryl/α,β-unsaturated/α-hetero) is 1. The fourth-order valence-corrected chi connectivity index (χ4v) is 6.97. The van der Waals surface area contributed by atoms with Gasteiger partial charge in [-0.15, -0.1) is 0 Å². The van der Waals surface area contributed by atoms with Gasteiger partial charge in [0.05, 0.1) is 6.10 Å². The van der Waals surface area contributed by atoms with Crippen molar-refractivity contribution < 1.29 is 9.90 Å². The molecule has 4 rings (SSSR count). The standard InChI is InChI=1S/C19H30O2/c1-18-9-6-13-16(17(18)14(20)7-10-18)15(21)11-12-5-3-4-8-19(12,13)2/h12-14,16-17,20H,3-11H2,1-2H3/t12-,13+,14?,16+,17+,18-,19+/m1/s1. The molecule has 0 bridgehead atoms. The summed E-state index contributed by atoms with van der Waals surface area (Å²) in [5.74, 6) is 2.10. The van der Waals surface area contributed by atoms with Crippen LogP contribution >= 0.6 is 0 Å². The van der Waals surface area contributed by atoms with Crippen molar-refractivity contribution in [2.45, 2.75) is 77.7 Å². The molecule has 1 N–H and O–H groups in total. The molecule has 0 amide bonds. The zero-order chi connectivity index (χ0) is 14.8. The smallest absolute Gasteiger partial charge is 0.136 e. The van der Waals surface area contributed by atoms with Crippen LogP contribution in [-0.4, -0.2) is 17.0 Å². The van der Waals surface area contributed by atoms with Gasteiger partial charge >= 0.3 is 0 Å². The molecule has 0 aromatic heterocycles. The Hall–Kier alpha value is -0.370. The van der Waals surface area contributed by atoms with Gasteiger partial charge in [-0.05, 0) is 61.2 Å². The molecule has 2 nitrogen and oxygen atoms in total. The van der Waals surface area contributed by atoms with E-state index in [1.54, 1.807) is 0 Å². The highest BCUT2D eigenvalue weighted by molar-refractivity contribution is 5.83. The molecule has 0 aliphatic heterocycles. The predicted molar refractivity (Wildman–Crippen MR) is 82.7 cm³/mol. The molecule has 4 fully saturated rings. The summed E-state index contributed by atoms with van der Waals surface area (Å²) in [4.78, 5) is 12.9. The summed E-state index contributed by atoms with van der Waals surface area (Å²) >= 11 is 0. The number of rotatable bonds is 0. The molecule has 118 valence electrons. The van der Waals surface area contributed by atoms with Gasteiger partial charge in [0, 0.05) is 18.3 Å². The normalized spacial score (nSPS) is 56.5. The van der Waals surface area contributed by atoms with Gasteiger partial charge in [0.15, 0.2) is 0 Å². The highest BCUT2D eigenvalue weighted by Crippen LogP contribution is 2.65. The Kier molecular flexibility index (Phi) is 3.10. The first-order chi connectivity index (χ1) is 9.96. The van der Waals surface area contributed by atoms with Crippen molar-refractivity contribution in [2.75, 3.05) is 0 Å². The van der Waals surface area contributed by atoms with Crippen molar-refractivity contribution in [3.05, 3.63) is 0 Å². The number of ketones is 1. The van der Waals surface area contributed by atoms with Crippen LogP contribution in [0.1, 0.15) is 71.6 Å². The minimum absolute atomic E-state index is 0.167. The number of aliphatic hydroxyl groups excluding tert-OH is 1. The van der Waals surface area contributed by atoms with Gasteiger partial charge in [0.1, 0.15) is 5.78 Å². The average Bonchev–Trinajstić information content (AvgIpc) is 2.76. The highest BCUT2D eigenvalue weighted by atomic mass is 16.3. The number of fused-ring (bicyclic) bond motifs is 5. The second-order valence-electron chi connectivity index (χ2n) is 9.08. The summed E-state index contributed by atoms with van der Waals surface area (Å²) in [6, 6.07) is 0. The Bertz CT molecular complexity index is 458. The van der Waals surface area contributed by atoms with Gasteiger partial charge in [-0.3, -0.25) is 4.79 Å². The fourth-order valence-electron chi connectivity index (χ4n) is 6.97. The maximum Gasteiger partial charge on any atom is 0.136 e. The van der Waals surface area contributed by atoms with E-state index in [9.17, 15) is 9.90 Å². The van der Waals surface area contributed by atoms with E-state index in [2.05, 4.69) is 13.8 Å². The van der Waals surface area contributed by atoms with E-state index in [-0.39, 0.29) is 23.4 Å². The Morgan fingerprint density at radius 2 is 1.81 bits per heavy atom. The summed E-state index contributed by atoms with van der Waals surface area (Å²) in [6.07, 6.45) is 10.3. The molecule has 0 aromatic carbocycles. The lowest BCUT2D eigenvalue weighted by atomic mass is 9.45. The van der Waals surface area contributed by atoms with Gasteiger partial charge < -0.3 is 5.11 Å². The zero-order valence-corrected chi connectivity index (χ0v) is 13.6. The van der Waals surface area contributed by atoms with E-state index >= 15 is 0 Å². The summed E-state index contributed by atoms with van der Waals surface area (Å²) in [5.41, 5.74) is 0.606. The Balaban J connectivity index is 1.73. The maximum absolute atomic E-state index is 12.9. The zero-order valence-electron chi connectivity index (χ0n) is 13.6. The summed E-state index contributed by atoms with van der Waals surface area (Å²) < 4.78 is 0. The highest BCUT2D eigenvalue weighted by Gasteiger charge is 2.62. The molecule has 0 radical (unpaired) electrons. The van der Waals surface area contributed by atoms with Gasteiger partial charge in [-0.25, -0.2) is 0 Å². The minimum Gasteiger partial charge on any atom is -0.393 e. The van der Waals surface area contributed by atoms with Crippen LogP contribution in [0.25, 0.3) is 0 Å². The van der Waals surface area contributed by atoms with Crippen molar-refractivity contribution in [3.63, 3.8) is 0 Å². The Morgan fingerprint density at radius 3 is 2.62 bits per heavy atom. The number of carbonyl (C=O) groups is 1. The van der Waals surface area contributed by atoms with Gasteiger partial charge in [0.25, 0.3) is 0 Å². The van der Waals surface area contributed by atoms with Crippen molar-refractivity contribution in [1.29, 1.82) is 0 Å². The molecular weight excluding hydrogens is 260 g/mol. The predicted octanol–water partition coefficient (Wildman–Crippen LogP) is 3.96. The fraction of sp³-hybridized carbons (Fsp3) is 0.947. The molecular formula is C19H30O2. The first-order valence-electron chi connectivity index (χ1n) is 9.16. The van der Waals surface area contributed by atoms with Crippen LogP contribution in [0, 0.1) is 34.5 Å². The average molecular weight is 290 g/mol. The summed E-state index contributed by atoms with van der Waals surface area (Å²) in [7, 11) is 0. The summed E-state index contributed by atoms with van der Waals surface area (Å²) in [6.45, 7) is 4.82. The third kappa shape index (κ3) is 1.84. The summed E-state index contributed by atoms with van der Waals surface area (Å²) in [5, 5.41) is 10.6. The van der Waals surface area contributed by atoms with E-state index in [0.29, 0.717) is 23.0 Å². The first-order valence-corrected chi connectivity index (χ1v) is 9.16. The lowest BCUT2D eigenvalue weighted by Crippen LogP contribution is -2.57. The first kappa shape index (κ1) is 14.2. The molecule has 21 heavy (non-hydrogen) atoms. The molecule has 2 heteroatoms. The second-order valence-corrected chi connectivity index (χ2v) is 9.08. The van der Waals surface area contributed by atoms with E-state index in [1.165, 1.54) is 38.5 Å². The van der Waals surface area contributed by atoms with Crippen LogP contribution in [0.5, 0.6) is 0 Å². The molecule has 0 saturated heterocycles. The van der Waals surface area contributed by atoms with E-state index < -0.39 is 0 Å². The molecule has 0 heterocycles. The topological polar surface area (TPSA) is 37.3 Å². The van der Waals surface area contributed by atoms with Crippen molar-refractivity contribution >= 4 is 5.78 Å². The van der Waals surface area contributed by atoms with Crippen molar-refractivity contribution in [1.82, 2.24) is 0 Å². The second kappa shape index (κ2) is 4.57. The Morgan fingerprint density at radius 1 is 1.05 bits per heavy atom. The molecule has 0 spiro atoms. The molecule has 7 atom stereocenters. The number of carbonyl (C=O) groups excluding carboxylic acids is 1. The van der Waals surface area contributed by atoms with E-state index in [4.69, 9.17) is 0 Å². The molecule has 4 aliphatic carbocycles. The van der Waals surface area contributed by atoms with Crippen LogP contribution < -0.4 is 0 Å². The molecule has 1 unspecified atom stereocenters. The van der Waals surface area contributed by atoms with E-state index in [1.807, 2.05) is 0 Å². The third-order valence-electron chi connectivity index (χ3n) is 8.19. The van der Waals surface area contributed by atoms with E-state index in [0.717, 1.165) is 19.3 Å². The molecule has 4 aliphatic rings. The lowest BCUT2D eigenvalue weighted by Gasteiger charge is -2.59. The number of hydrogen-bond donors (Lipinski definition) is 1. The lowest BCUT2D eigenvalue weighted by molar-refractivity contribution is -0.159. The monoisotopic (exact) mass is 290 g/mol. The maximum atomic E-state index is 12.9. The van der Waals surface area contributed by atoms with Crippen molar-refractivity contribution in [3.8, 4) is 0 Å². The minimum atomic E-state index is -0.226. The van der Waals surface area contributed by atoms with Crippen LogP contribution in [0.4, 0.5) is 0 Å². The van der Waals surface area contributed by atoms with Crippen molar-refractivity contribution in [2.24, 2.45) is 34.5 Å². The third-order valence-corrected chi connectivity index (χ3v) is 8.19. The molecule has 0 aromatic rings. The number of aliphatic hydroxyl groups is 1. The van der Waals surface area contributed by atoms with Crippen LogP contribution in [0.2, 0.25) is 0 Å². The van der Waals surface area contributed by atoms with Crippen LogP contribution in [0.3, 0.4) is 0 Å². The number of hydrogen-bond acceptors (Lipinski definition) is 2.